The SMILES string of the molecule is CCCC(=O)OC[C@H]1CO1.O=C(Nc1ccc(N2CC=CCC2)c(F)c1)OCc1ccccc1.O=C1O[C@@H](CO)CN1c1ccc(N2CC=CCC2)c(F)c1. The zero-order chi connectivity index (χ0) is 39.0. The second-order valence-electron chi connectivity index (χ2n) is 13.1. The summed E-state index contributed by atoms with van der Waals surface area (Å²) in [6.45, 7) is 6.28. The van der Waals surface area contributed by atoms with Gasteiger partial charge in [0, 0.05) is 38.3 Å². The average molecular weight is 763 g/mol. The fraction of sp³-hybridized carbons (Fsp3) is 0.390. The summed E-state index contributed by atoms with van der Waals surface area (Å²) in [5, 5.41) is 11.6. The topological polar surface area (TPSA) is 133 Å². The van der Waals surface area contributed by atoms with E-state index >= 15 is 0 Å². The maximum atomic E-state index is 14.3. The minimum Gasteiger partial charge on any atom is -0.463 e. The largest absolute Gasteiger partial charge is 0.463 e. The van der Waals surface area contributed by atoms with Crippen LogP contribution in [0.4, 0.5) is 41.1 Å². The first-order valence-electron chi connectivity index (χ1n) is 18.5. The maximum Gasteiger partial charge on any atom is 0.414 e. The normalized spacial score (nSPS) is 18.3. The summed E-state index contributed by atoms with van der Waals surface area (Å²) in [5.74, 6) is -0.827. The molecule has 0 radical (unpaired) electrons. The van der Waals surface area contributed by atoms with Crippen molar-refractivity contribution in [3.05, 3.63) is 108 Å². The molecular weight excluding hydrogens is 714 g/mol. The molecular formula is C41H48F2N4O8. The zero-order valence-electron chi connectivity index (χ0n) is 30.9. The van der Waals surface area contributed by atoms with E-state index in [1.165, 1.54) is 17.0 Å². The lowest BCUT2D eigenvalue weighted by molar-refractivity contribution is -0.144. The van der Waals surface area contributed by atoms with Crippen LogP contribution in [0.3, 0.4) is 0 Å². The molecule has 7 rings (SSSR count). The van der Waals surface area contributed by atoms with Crippen LogP contribution in [-0.4, -0.2) is 88.0 Å². The minimum absolute atomic E-state index is 0.113. The van der Waals surface area contributed by atoms with Gasteiger partial charge in [-0.1, -0.05) is 61.6 Å². The standard InChI is InChI=1S/C19H19FN2O2.C15H17FN2O3.C7H12O3/c20-17-13-16(9-10-18(17)22-11-5-2-6-12-22)21-19(23)24-14-15-7-3-1-4-8-15;16-13-8-11(18-9-12(10-19)21-15(18)20)4-5-14(13)17-6-2-1-3-7-17;1-2-3-7(8)10-5-6-4-9-6/h1-5,7-10,13H,6,11-12,14H2,(H,21,23);1-2,4-5,8,12,19H,3,6-7,9-10H2;6H,2-5H2,1H3/t;12-;6-/m.11/s1. The number of aliphatic hydroxyl groups excluding tert-OH is 1. The molecule has 0 bridgehead atoms. The number of amides is 2. The van der Waals surface area contributed by atoms with Crippen molar-refractivity contribution in [2.24, 2.45) is 0 Å². The molecule has 0 spiro atoms. The van der Waals surface area contributed by atoms with Crippen LogP contribution in [0.15, 0.2) is 91.0 Å². The van der Waals surface area contributed by atoms with Crippen LogP contribution in [0.1, 0.15) is 38.2 Å². The number of esters is 1. The lowest BCUT2D eigenvalue weighted by Gasteiger charge is -2.26. The van der Waals surface area contributed by atoms with Gasteiger partial charge in [0.25, 0.3) is 0 Å². The number of carbonyl (C=O) groups is 3. The maximum absolute atomic E-state index is 14.3. The van der Waals surface area contributed by atoms with Crippen LogP contribution in [-0.2, 0) is 30.3 Å². The Labute approximate surface area is 319 Å². The Hall–Kier alpha value is -5.47. The van der Waals surface area contributed by atoms with Gasteiger partial charge in [-0.25, -0.2) is 18.4 Å². The van der Waals surface area contributed by atoms with E-state index in [4.69, 9.17) is 24.1 Å². The highest BCUT2D eigenvalue weighted by Crippen LogP contribution is 2.29. The zero-order valence-corrected chi connectivity index (χ0v) is 30.9. The van der Waals surface area contributed by atoms with Crippen molar-refractivity contribution in [1.29, 1.82) is 0 Å². The molecule has 2 fully saturated rings. The van der Waals surface area contributed by atoms with E-state index in [1.807, 2.05) is 59.2 Å². The molecule has 2 atom stereocenters. The molecule has 4 heterocycles. The number of benzene rings is 3. The molecule has 4 aliphatic rings. The number of halogens is 2. The van der Waals surface area contributed by atoms with E-state index in [2.05, 4.69) is 17.5 Å². The number of ether oxygens (including phenoxy) is 4. The van der Waals surface area contributed by atoms with E-state index < -0.39 is 18.3 Å². The number of aliphatic hydroxyl groups is 1. The lowest BCUT2D eigenvalue weighted by atomic mass is 10.2. The van der Waals surface area contributed by atoms with Gasteiger partial charge in [0.15, 0.2) is 0 Å². The Balaban J connectivity index is 0.000000171. The molecule has 3 aromatic carbocycles. The first-order valence-corrected chi connectivity index (χ1v) is 18.5. The molecule has 3 aromatic rings. The van der Waals surface area contributed by atoms with Crippen molar-refractivity contribution >= 4 is 40.9 Å². The number of hydrogen-bond donors (Lipinski definition) is 2. The van der Waals surface area contributed by atoms with Gasteiger partial charge >= 0.3 is 18.2 Å². The number of nitrogens with zero attached hydrogens (tertiary/aromatic N) is 3. The van der Waals surface area contributed by atoms with Crippen LogP contribution in [0.25, 0.3) is 0 Å². The second-order valence-corrected chi connectivity index (χ2v) is 13.1. The third-order valence-electron chi connectivity index (χ3n) is 8.81. The summed E-state index contributed by atoms with van der Waals surface area (Å²) >= 11 is 0. The number of nitrogens with one attached hydrogen (secondary N) is 1. The fourth-order valence-corrected chi connectivity index (χ4v) is 5.81. The monoisotopic (exact) mass is 762 g/mol. The number of epoxide rings is 1. The molecule has 2 amide bonds. The van der Waals surface area contributed by atoms with Crippen LogP contribution >= 0.6 is 0 Å². The minimum atomic E-state index is -0.605. The predicted octanol–water partition coefficient (Wildman–Crippen LogP) is 6.98. The first-order chi connectivity index (χ1) is 26.7. The molecule has 0 aliphatic carbocycles. The van der Waals surface area contributed by atoms with Gasteiger partial charge in [0.1, 0.15) is 37.1 Å². The molecule has 55 heavy (non-hydrogen) atoms. The summed E-state index contributed by atoms with van der Waals surface area (Å²) < 4.78 is 48.4. The summed E-state index contributed by atoms with van der Waals surface area (Å²) in [5.41, 5.74) is 2.80. The molecule has 0 unspecified atom stereocenters. The van der Waals surface area contributed by atoms with Crippen molar-refractivity contribution in [2.75, 3.05) is 72.6 Å². The summed E-state index contributed by atoms with van der Waals surface area (Å²) in [4.78, 5) is 39.5. The number of hydrogen-bond acceptors (Lipinski definition) is 10. The van der Waals surface area contributed by atoms with Crippen LogP contribution in [0.2, 0.25) is 0 Å². The van der Waals surface area contributed by atoms with Gasteiger partial charge in [-0.05, 0) is 61.2 Å². The van der Waals surface area contributed by atoms with E-state index in [-0.39, 0.29) is 43.5 Å². The van der Waals surface area contributed by atoms with E-state index in [9.17, 15) is 23.2 Å². The van der Waals surface area contributed by atoms with Gasteiger partial charge < -0.3 is 33.9 Å². The van der Waals surface area contributed by atoms with Gasteiger partial charge in [0.05, 0.1) is 36.8 Å². The number of rotatable bonds is 11. The Morgan fingerprint density at radius 1 is 0.873 bits per heavy atom. The molecule has 2 saturated heterocycles. The number of cyclic esters (lactones) is 1. The predicted molar refractivity (Wildman–Crippen MR) is 205 cm³/mol. The van der Waals surface area contributed by atoms with Crippen molar-refractivity contribution in [3.8, 4) is 0 Å². The quantitative estimate of drug-likeness (QED) is 0.0913. The van der Waals surface area contributed by atoms with Crippen molar-refractivity contribution < 1.29 is 47.2 Å². The first kappa shape index (κ1) is 40.7. The Morgan fingerprint density at radius 3 is 2.07 bits per heavy atom. The fourth-order valence-electron chi connectivity index (χ4n) is 5.81. The van der Waals surface area contributed by atoms with Gasteiger partial charge in [0.2, 0.25) is 0 Å². The van der Waals surface area contributed by atoms with Crippen LogP contribution in [0, 0.1) is 11.6 Å². The summed E-state index contributed by atoms with van der Waals surface area (Å²) in [7, 11) is 0. The molecule has 14 heteroatoms. The molecule has 0 aromatic heterocycles. The average Bonchev–Trinajstić information content (AvgIpc) is 3.97. The van der Waals surface area contributed by atoms with Crippen molar-refractivity contribution in [2.45, 2.75) is 51.4 Å². The number of carbonyl (C=O) groups excluding carboxylic acids is 3. The Bertz CT molecular complexity index is 1790. The van der Waals surface area contributed by atoms with Crippen molar-refractivity contribution in [1.82, 2.24) is 0 Å². The van der Waals surface area contributed by atoms with Crippen LogP contribution < -0.4 is 20.0 Å². The Kier molecular flexibility index (Phi) is 15.4. The molecule has 294 valence electrons. The molecule has 2 N–H and O–H groups in total. The van der Waals surface area contributed by atoms with E-state index in [1.54, 1.807) is 24.3 Å². The van der Waals surface area contributed by atoms with E-state index in [0.717, 1.165) is 44.5 Å². The molecule has 12 nitrogen and oxygen atoms in total. The van der Waals surface area contributed by atoms with Crippen molar-refractivity contribution in [3.63, 3.8) is 0 Å². The third kappa shape index (κ3) is 12.8. The molecule has 4 aliphatic heterocycles. The summed E-state index contributed by atoms with van der Waals surface area (Å²) in [6.07, 6.45) is 9.88. The number of anilines is 4. The Morgan fingerprint density at radius 2 is 1.53 bits per heavy atom. The van der Waals surface area contributed by atoms with Gasteiger partial charge in [-0.2, -0.15) is 0 Å². The van der Waals surface area contributed by atoms with Crippen LogP contribution in [0.5, 0.6) is 0 Å². The third-order valence-corrected chi connectivity index (χ3v) is 8.81. The highest BCUT2D eigenvalue weighted by atomic mass is 19.1. The molecule has 0 saturated carbocycles. The lowest BCUT2D eigenvalue weighted by Crippen LogP contribution is -2.28. The highest BCUT2D eigenvalue weighted by molar-refractivity contribution is 5.90. The van der Waals surface area contributed by atoms with Gasteiger partial charge in [-0.15, -0.1) is 0 Å². The second kappa shape index (κ2) is 20.8. The summed E-state index contributed by atoms with van der Waals surface area (Å²) in [6, 6.07) is 18.8. The smallest absolute Gasteiger partial charge is 0.414 e. The van der Waals surface area contributed by atoms with E-state index in [0.29, 0.717) is 48.9 Å². The highest BCUT2D eigenvalue weighted by Gasteiger charge is 2.32. The van der Waals surface area contributed by atoms with Gasteiger partial charge in [-0.3, -0.25) is 15.0 Å².